The van der Waals surface area contributed by atoms with Gasteiger partial charge in [-0.25, -0.2) is 4.57 Å². The van der Waals surface area contributed by atoms with E-state index in [1.54, 1.807) is 0 Å². The Labute approximate surface area is 89.4 Å². The Kier molecular flexibility index (Phi) is 2.79. The summed E-state index contributed by atoms with van der Waals surface area (Å²) in [5.41, 5.74) is 1.84. The van der Waals surface area contributed by atoms with Crippen molar-refractivity contribution >= 4 is 0 Å². The number of aliphatic hydroxyl groups is 1. The molecule has 0 radical (unpaired) electrons. The summed E-state index contributed by atoms with van der Waals surface area (Å²) >= 11 is 0. The molecule has 1 aromatic heterocycles. The van der Waals surface area contributed by atoms with Crippen molar-refractivity contribution in [3.63, 3.8) is 0 Å². The highest BCUT2D eigenvalue weighted by Crippen LogP contribution is 2.19. The smallest absolute Gasteiger partial charge is 0.168 e. The van der Waals surface area contributed by atoms with E-state index in [1.807, 2.05) is 66.5 Å². The molecule has 0 aliphatic carbocycles. The van der Waals surface area contributed by atoms with Crippen molar-refractivity contribution < 1.29 is 9.67 Å². The molecule has 0 amide bonds. The van der Waals surface area contributed by atoms with Crippen molar-refractivity contribution in [3.05, 3.63) is 66.0 Å². The van der Waals surface area contributed by atoms with Crippen molar-refractivity contribution in [2.24, 2.45) is 7.05 Å². The summed E-state index contributed by atoms with van der Waals surface area (Å²) in [7, 11) is 1.96. The molecule has 0 aliphatic rings. The number of benzene rings is 1. The molecule has 1 unspecified atom stereocenters. The predicted molar refractivity (Wildman–Crippen MR) is 58.1 cm³/mol. The molecule has 1 heterocycles. The first-order valence-electron chi connectivity index (χ1n) is 4.95. The van der Waals surface area contributed by atoms with Gasteiger partial charge in [-0.05, 0) is 11.1 Å². The second kappa shape index (κ2) is 4.24. The maximum atomic E-state index is 10.1. The molecule has 2 rings (SSSR count). The van der Waals surface area contributed by atoms with Crippen LogP contribution in [0.3, 0.4) is 0 Å². The van der Waals surface area contributed by atoms with Crippen LogP contribution in [0.2, 0.25) is 0 Å². The number of rotatable bonds is 2. The highest BCUT2D eigenvalue weighted by atomic mass is 16.3. The molecule has 2 heteroatoms. The van der Waals surface area contributed by atoms with Crippen LogP contribution in [0.4, 0.5) is 0 Å². The Morgan fingerprint density at radius 2 is 1.47 bits per heavy atom. The minimum absolute atomic E-state index is 0.535. The monoisotopic (exact) mass is 200 g/mol. The Bertz CT molecular complexity index is 422. The quantitative estimate of drug-likeness (QED) is 0.731. The van der Waals surface area contributed by atoms with E-state index in [9.17, 15) is 5.11 Å². The van der Waals surface area contributed by atoms with Gasteiger partial charge in [0.1, 0.15) is 13.2 Å². The second-order valence-corrected chi connectivity index (χ2v) is 3.61. The first-order chi connectivity index (χ1) is 7.27. The average molecular weight is 200 g/mol. The van der Waals surface area contributed by atoms with Crippen molar-refractivity contribution in [2.75, 3.05) is 0 Å². The summed E-state index contributed by atoms with van der Waals surface area (Å²) in [5.74, 6) is 0. The number of aromatic nitrogens is 1. The van der Waals surface area contributed by atoms with E-state index >= 15 is 0 Å². The van der Waals surface area contributed by atoms with E-state index in [0.29, 0.717) is 0 Å². The highest BCUT2D eigenvalue weighted by molar-refractivity contribution is 5.27. The molecule has 0 spiro atoms. The molecule has 15 heavy (non-hydrogen) atoms. The lowest BCUT2D eigenvalue weighted by atomic mass is 10.0. The van der Waals surface area contributed by atoms with Crippen LogP contribution in [0.1, 0.15) is 17.2 Å². The van der Waals surface area contributed by atoms with Crippen LogP contribution in [0.5, 0.6) is 0 Å². The SMILES string of the molecule is C[n+]1ccc(C(O)c2ccccc2)cc1. The van der Waals surface area contributed by atoms with Crippen LogP contribution >= 0.6 is 0 Å². The highest BCUT2D eigenvalue weighted by Gasteiger charge is 2.10. The van der Waals surface area contributed by atoms with Gasteiger partial charge >= 0.3 is 0 Å². The predicted octanol–water partition coefficient (Wildman–Crippen LogP) is 1.59. The van der Waals surface area contributed by atoms with Crippen molar-refractivity contribution in [2.45, 2.75) is 6.10 Å². The summed E-state index contributed by atoms with van der Waals surface area (Å²) in [4.78, 5) is 0. The van der Waals surface area contributed by atoms with Gasteiger partial charge in [-0.1, -0.05) is 30.3 Å². The first kappa shape index (κ1) is 9.87. The number of hydrogen-bond donors (Lipinski definition) is 1. The Hall–Kier alpha value is -1.67. The van der Waals surface area contributed by atoms with E-state index in [1.165, 1.54) is 0 Å². The van der Waals surface area contributed by atoms with E-state index < -0.39 is 6.10 Å². The summed E-state index contributed by atoms with van der Waals surface area (Å²) in [6.45, 7) is 0. The zero-order valence-electron chi connectivity index (χ0n) is 8.67. The molecule has 0 bridgehead atoms. The van der Waals surface area contributed by atoms with E-state index in [0.717, 1.165) is 11.1 Å². The number of pyridine rings is 1. The normalized spacial score (nSPS) is 12.4. The van der Waals surface area contributed by atoms with Gasteiger partial charge in [0.15, 0.2) is 12.4 Å². The molecule has 0 saturated heterocycles. The van der Waals surface area contributed by atoms with Gasteiger partial charge in [0, 0.05) is 12.1 Å². The van der Waals surface area contributed by atoms with Crippen LogP contribution in [-0.4, -0.2) is 5.11 Å². The molecule has 1 atom stereocenters. The minimum Gasteiger partial charge on any atom is -0.384 e. The second-order valence-electron chi connectivity index (χ2n) is 3.61. The Morgan fingerprint density at radius 1 is 0.933 bits per heavy atom. The standard InChI is InChI=1S/C13H14NO/c1-14-9-7-12(8-10-14)13(15)11-5-3-2-4-6-11/h2-10,13,15H,1H3/q+1. The van der Waals surface area contributed by atoms with Crippen LogP contribution in [0.25, 0.3) is 0 Å². The Balaban J connectivity index is 2.29. The van der Waals surface area contributed by atoms with Crippen molar-refractivity contribution in [1.29, 1.82) is 0 Å². The molecular formula is C13H14NO+. The number of hydrogen-bond acceptors (Lipinski definition) is 1. The minimum atomic E-state index is -0.535. The molecule has 2 nitrogen and oxygen atoms in total. The van der Waals surface area contributed by atoms with Gasteiger partial charge in [-0.15, -0.1) is 0 Å². The summed E-state index contributed by atoms with van der Waals surface area (Å²) in [6.07, 6.45) is 3.33. The van der Waals surface area contributed by atoms with Gasteiger partial charge in [0.25, 0.3) is 0 Å². The largest absolute Gasteiger partial charge is 0.384 e. The zero-order chi connectivity index (χ0) is 10.7. The van der Waals surface area contributed by atoms with Gasteiger partial charge < -0.3 is 5.11 Å². The number of nitrogens with zero attached hydrogens (tertiary/aromatic N) is 1. The van der Waals surface area contributed by atoms with E-state index in [4.69, 9.17) is 0 Å². The molecule has 1 aromatic carbocycles. The maximum absolute atomic E-state index is 10.1. The third-order valence-electron chi connectivity index (χ3n) is 2.44. The Morgan fingerprint density at radius 3 is 2.07 bits per heavy atom. The fourth-order valence-corrected chi connectivity index (χ4v) is 1.52. The lowest BCUT2D eigenvalue weighted by Gasteiger charge is -2.09. The van der Waals surface area contributed by atoms with E-state index in [-0.39, 0.29) is 0 Å². The third-order valence-corrected chi connectivity index (χ3v) is 2.44. The maximum Gasteiger partial charge on any atom is 0.168 e. The molecule has 0 saturated carbocycles. The fourth-order valence-electron chi connectivity index (χ4n) is 1.52. The molecular weight excluding hydrogens is 186 g/mol. The summed E-state index contributed by atoms with van der Waals surface area (Å²) < 4.78 is 1.95. The topological polar surface area (TPSA) is 24.1 Å². The van der Waals surface area contributed by atoms with Gasteiger partial charge in [-0.2, -0.15) is 0 Å². The molecule has 2 aromatic rings. The summed E-state index contributed by atoms with van der Waals surface area (Å²) in [6, 6.07) is 13.5. The molecule has 0 fully saturated rings. The van der Waals surface area contributed by atoms with Crippen molar-refractivity contribution in [3.8, 4) is 0 Å². The lowest BCUT2D eigenvalue weighted by molar-refractivity contribution is -0.671. The lowest BCUT2D eigenvalue weighted by Crippen LogP contribution is -2.26. The van der Waals surface area contributed by atoms with Crippen LogP contribution < -0.4 is 4.57 Å². The van der Waals surface area contributed by atoms with Gasteiger partial charge in [-0.3, -0.25) is 0 Å². The van der Waals surface area contributed by atoms with E-state index in [2.05, 4.69) is 0 Å². The molecule has 0 aliphatic heterocycles. The van der Waals surface area contributed by atoms with Gasteiger partial charge in [0.05, 0.1) is 0 Å². The van der Waals surface area contributed by atoms with Crippen LogP contribution in [0.15, 0.2) is 54.9 Å². The van der Waals surface area contributed by atoms with Crippen molar-refractivity contribution in [1.82, 2.24) is 0 Å². The molecule has 76 valence electrons. The first-order valence-corrected chi connectivity index (χ1v) is 4.95. The average Bonchev–Trinajstić information content (AvgIpc) is 2.30. The molecule has 1 N–H and O–H groups in total. The zero-order valence-corrected chi connectivity index (χ0v) is 8.67. The van der Waals surface area contributed by atoms with Crippen LogP contribution in [-0.2, 0) is 7.05 Å². The van der Waals surface area contributed by atoms with Gasteiger partial charge in [0.2, 0.25) is 0 Å². The summed E-state index contributed by atoms with van der Waals surface area (Å²) in [5, 5.41) is 10.1. The third kappa shape index (κ3) is 2.22. The van der Waals surface area contributed by atoms with Crippen LogP contribution in [0, 0.1) is 0 Å². The number of aryl methyl sites for hydroxylation is 1. The number of aliphatic hydroxyl groups excluding tert-OH is 1. The fraction of sp³-hybridized carbons (Fsp3) is 0.154.